The Hall–Kier alpha value is -2.99. The molecule has 0 aliphatic carbocycles. The Morgan fingerprint density at radius 3 is 1.79 bits per heavy atom. The van der Waals surface area contributed by atoms with Crippen LogP contribution in [0.25, 0.3) is 0 Å². The molecular weight excluding hydrogens is 428 g/mol. The second kappa shape index (κ2) is 11.4. The van der Waals surface area contributed by atoms with Gasteiger partial charge in [-0.15, -0.1) is 0 Å². The van der Waals surface area contributed by atoms with Crippen molar-refractivity contribution >= 4 is 5.97 Å². The SMILES string of the molecule is CCO[C@@H]1CC[C@H](OC(C)=O)[C@@H](COC(c2ccccc2)(c2ccccc2)c2ccccc2)O1. The molecule has 0 saturated carbocycles. The van der Waals surface area contributed by atoms with Crippen LogP contribution in [0.1, 0.15) is 43.4 Å². The number of rotatable bonds is 9. The van der Waals surface area contributed by atoms with Crippen molar-refractivity contribution < 1.29 is 23.7 Å². The van der Waals surface area contributed by atoms with E-state index in [1.807, 2.05) is 61.5 Å². The minimum absolute atomic E-state index is 0.222. The molecule has 3 aromatic carbocycles. The summed E-state index contributed by atoms with van der Waals surface area (Å²) in [6, 6.07) is 30.6. The molecule has 4 rings (SSSR count). The summed E-state index contributed by atoms with van der Waals surface area (Å²) in [5.74, 6) is -0.325. The van der Waals surface area contributed by atoms with Gasteiger partial charge in [-0.05, 0) is 30.0 Å². The highest BCUT2D eigenvalue weighted by atomic mass is 16.7. The molecule has 3 aromatic rings. The average molecular weight is 461 g/mol. The summed E-state index contributed by atoms with van der Waals surface area (Å²) in [7, 11) is 0. The molecule has 1 aliphatic heterocycles. The number of benzene rings is 3. The van der Waals surface area contributed by atoms with Gasteiger partial charge in [-0.3, -0.25) is 4.79 Å². The summed E-state index contributed by atoms with van der Waals surface area (Å²) in [4.78, 5) is 11.8. The monoisotopic (exact) mass is 460 g/mol. The lowest BCUT2D eigenvalue weighted by molar-refractivity contribution is -0.242. The molecule has 0 bridgehead atoms. The van der Waals surface area contributed by atoms with Crippen LogP contribution in [0.4, 0.5) is 0 Å². The molecule has 0 unspecified atom stereocenters. The van der Waals surface area contributed by atoms with Crippen LogP contribution in [0.3, 0.4) is 0 Å². The lowest BCUT2D eigenvalue weighted by Crippen LogP contribution is -2.47. The van der Waals surface area contributed by atoms with Crippen LogP contribution in [-0.2, 0) is 29.3 Å². The van der Waals surface area contributed by atoms with E-state index in [0.29, 0.717) is 19.4 Å². The Labute approximate surface area is 201 Å². The summed E-state index contributed by atoms with van der Waals surface area (Å²) >= 11 is 0. The molecule has 34 heavy (non-hydrogen) atoms. The van der Waals surface area contributed by atoms with Crippen LogP contribution in [0.15, 0.2) is 91.0 Å². The normalized spacial score (nSPS) is 20.6. The smallest absolute Gasteiger partial charge is 0.302 e. The van der Waals surface area contributed by atoms with Crippen LogP contribution in [-0.4, -0.2) is 37.7 Å². The molecule has 0 radical (unpaired) electrons. The lowest BCUT2D eigenvalue weighted by atomic mass is 9.80. The molecule has 3 atom stereocenters. The topological polar surface area (TPSA) is 54.0 Å². The molecule has 1 fully saturated rings. The van der Waals surface area contributed by atoms with E-state index >= 15 is 0 Å². The second-order valence-electron chi connectivity index (χ2n) is 8.37. The summed E-state index contributed by atoms with van der Waals surface area (Å²) < 4.78 is 24.5. The van der Waals surface area contributed by atoms with Crippen LogP contribution in [0.5, 0.6) is 0 Å². The molecule has 5 nitrogen and oxygen atoms in total. The summed E-state index contributed by atoms with van der Waals surface area (Å²) in [5.41, 5.74) is 2.16. The number of hydrogen-bond donors (Lipinski definition) is 0. The lowest BCUT2D eigenvalue weighted by Gasteiger charge is -2.40. The van der Waals surface area contributed by atoms with Crippen molar-refractivity contribution in [2.24, 2.45) is 0 Å². The van der Waals surface area contributed by atoms with Crippen LogP contribution in [0.2, 0.25) is 0 Å². The molecule has 1 aliphatic rings. The van der Waals surface area contributed by atoms with E-state index in [-0.39, 0.29) is 18.9 Å². The molecule has 0 spiro atoms. The van der Waals surface area contributed by atoms with E-state index in [1.165, 1.54) is 6.92 Å². The largest absolute Gasteiger partial charge is 0.460 e. The predicted molar refractivity (Wildman–Crippen MR) is 130 cm³/mol. The van der Waals surface area contributed by atoms with Crippen molar-refractivity contribution in [2.75, 3.05) is 13.2 Å². The van der Waals surface area contributed by atoms with Gasteiger partial charge in [0, 0.05) is 20.0 Å². The Kier molecular flexibility index (Phi) is 8.12. The molecule has 0 amide bonds. The number of ether oxygens (including phenoxy) is 4. The van der Waals surface area contributed by atoms with Crippen molar-refractivity contribution in [3.63, 3.8) is 0 Å². The highest BCUT2D eigenvalue weighted by Gasteiger charge is 2.41. The standard InChI is InChI=1S/C29H32O5/c1-3-31-28-20-19-26(33-22(2)30)27(34-28)21-32-29(23-13-7-4-8-14-23,24-15-9-5-10-16-24)25-17-11-6-12-18-25/h4-18,26-28H,3,19-21H2,1-2H3/t26-,27+,28-/m0/s1. The van der Waals surface area contributed by atoms with Crippen molar-refractivity contribution in [3.05, 3.63) is 108 Å². The molecule has 1 heterocycles. The maximum Gasteiger partial charge on any atom is 0.302 e. The zero-order chi connectivity index (χ0) is 23.8. The van der Waals surface area contributed by atoms with E-state index in [9.17, 15) is 4.79 Å². The first-order valence-corrected chi connectivity index (χ1v) is 11.9. The van der Waals surface area contributed by atoms with E-state index in [1.54, 1.807) is 0 Å². The highest BCUT2D eigenvalue weighted by molar-refractivity contribution is 5.66. The van der Waals surface area contributed by atoms with E-state index < -0.39 is 17.8 Å². The van der Waals surface area contributed by atoms with Crippen molar-refractivity contribution in [2.45, 2.75) is 50.8 Å². The van der Waals surface area contributed by atoms with Gasteiger partial charge in [-0.2, -0.15) is 0 Å². The van der Waals surface area contributed by atoms with Crippen LogP contribution in [0, 0.1) is 0 Å². The maximum atomic E-state index is 11.8. The molecule has 0 N–H and O–H groups in total. The van der Waals surface area contributed by atoms with Crippen molar-refractivity contribution in [3.8, 4) is 0 Å². The van der Waals surface area contributed by atoms with Crippen molar-refractivity contribution in [1.82, 2.24) is 0 Å². The molecule has 178 valence electrons. The average Bonchev–Trinajstić information content (AvgIpc) is 2.88. The second-order valence-corrected chi connectivity index (χ2v) is 8.37. The third-order valence-corrected chi connectivity index (χ3v) is 6.10. The zero-order valence-electron chi connectivity index (χ0n) is 19.8. The van der Waals surface area contributed by atoms with Crippen molar-refractivity contribution in [1.29, 1.82) is 0 Å². The first-order valence-electron chi connectivity index (χ1n) is 11.9. The number of esters is 1. The minimum Gasteiger partial charge on any atom is -0.460 e. The Morgan fingerprint density at radius 2 is 1.35 bits per heavy atom. The van der Waals surface area contributed by atoms with Gasteiger partial charge in [0.2, 0.25) is 0 Å². The van der Waals surface area contributed by atoms with Gasteiger partial charge in [0.15, 0.2) is 6.29 Å². The zero-order valence-corrected chi connectivity index (χ0v) is 19.8. The van der Waals surface area contributed by atoms with Gasteiger partial charge in [0.25, 0.3) is 0 Å². The van der Waals surface area contributed by atoms with Gasteiger partial charge < -0.3 is 18.9 Å². The number of hydrogen-bond acceptors (Lipinski definition) is 5. The predicted octanol–water partition coefficient (Wildman–Crippen LogP) is 5.47. The maximum absolute atomic E-state index is 11.8. The Bertz CT molecular complexity index is 925. The summed E-state index contributed by atoms with van der Waals surface area (Å²) in [5, 5.41) is 0. The van der Waals surface area contributed by atoms with Gasteiger partial charge in [0.05, 0.1) is 6.61 Å². The fourth-order valence-corrected chi connectivity index (χ4v) is 4.62. The molecule has 1 saturated heterocycles. The fraction of sp³-hybridized carbons (Fsp3) is 0.345. The Morgan fingerprint density at radius 1 is 0.853 bits per heavy atom. The number of carbonyl (C=O) groups excluding carboxylic acids is 1. The third kappa shape index (κ3) is 5.39. The first kappa shape index (κ1) is 24.1. The quantitative estimate of drug-likeness (QED) is 0.313. The molecule has 5 heteroatoms. The third-order valence-electron chi connectivity index (χ3n) is 6.10. The van der Waals surface area contributed by atoms with Gasteiger partial charge in [0.1, 0.15) is 17.8 Å². The summed E-state index contributed by atoms with van der Waals surface area (Å²) in [6.07, 6.45) is 0.139. The van der Waals surface area contributed by atoms with E-state index in [0.717, 1.165) is 16.7 Å². The Balaban J connectivity index is 1.74. The van der Waals surface area contributed by atoms with Crippen LogP contribution >= 0.6 is 0 Å². The van der Waals surface area contributed by atoms with Gasteiger partial charge in [-0.1, -0.05) is 91.0 Å². The van der Waals surface area contributed by atoms with E-state index in [2.05, 4.69) is 36.4 Å². The fourth-order valence-electron chi connectivity index (χ4n) is 4.62. The molecular formula is C29H32O5. The van der Waals surface area contributed by atoms with Gasteiger partial charge >= 0.3 is 5.97 Å². The number of carbonyl (C=O) groups is 1. The minimum atomic E-state index is -0.869. The first-order chi connectivity index (χ1) is 16.6. The summed E-state index contributed by atoms with van der Waals surface area (Å²) in [6.45, 7) is 4.14. The highest BCUT2D eigenvalue weighted by Crippen LogP contribution is 2.41. The van der Waals surface area contributed by atoms with Gasteiger partial charge in [-0.25, -0.2) is 0 Å². The van der Waals surface area contributed by atoms with Crippen LogP contribution < -0.4 is 0 Å². The van der Waals surface area contributed by atoms with E-state index in [4.69, 9.17) is 18.9 Å². The molecule has 0 aromatic heterocycles.